The summed E-state index contributed by atoms with van der Waals surface area (Å²) in [6, 6.07) is 9.35. The lowest BCUT2D eigenvalue weighted by Gasteiger charge is -2.09. The number of rotatable bonds is 5. The number of hydrogen-bond donors (Lipinski definition) is 1. The Morgan fingerprint density at radius 2 is 2.09 bits per heavy atom. The number of hydrogen-bond acceptors (Lipinski definition) is 5. The third-order valence-electron chi connectivity index (χ3n) is 3.78. The first-order valence-electron chi connectivity index (χ1n) is 7.52. The second kappa shape index (κ2) is 6.54. The lowest BCUT2D eigenvalue weighted by atomic mass is 10.2. The van der Waals surface area contributed by atoms with E-state index in [9.17, 15) is 13.2 Å². The molecule has 3 rings (SSSR count). The molecule has 1 unspecified atom stereocenters. The van der Waals surface area contributed by atoms with Gasteiger partial charge in [0.2, 0.25) is 5.91 Å². The van der Waals surface area contributed by atoms with E-state index in [4.69, 9.17) is 4.42 Å². The molecule has 0 radical (unpaired) electrons. The van der Waals surface area contributed by atoms with Crippen molar-refractivity contribution < 1.29 is 17.6 Å². The molecule has 23 heavy (non-hydrogen) atoms. The van der Waals surface area contributed by atoms with Gasteiger partial charge in [0.1, 0.15) is 0 Å². The van der Waals surface area contributed by atoms with Gasteiger partial charge in [-0.3, -0.25) is 4.79 Å². The van der Waals surface area contributed by atoms with Crippen LogP contribution in [0.2, 0.25) is 0 Å². The van der Waals surface area contributed by atoms with Gasteiger partial charge in [-0.1, -0.05) is 30.3 Å². The number of amides is 1. The minimum Gasteiger partial charge on any atom is -0.441 e. The molecule has 122 valence electrons. The maximum absolute atomic E-state index is 11.9. The van der Waals surface area contributed by atoms with Crippen molar-refractivity contribution in [2.45, 2.75) is 25.3 Å². The van der Waals surface area contributed by atoms with Crippen LogP contribution in [0, 0.1) is 0 Å². The summed E-state index contributed by atoms with van der Waals surface area (Å²) in [6.07, 6.45) is 2.75. The molecule has 1 saturated heterocycles. The van der Waals surface area contributed by atoms with Gasteiger partial charge in [-0.15, -0.1) is 0 Å². The van der Waals surface area contributed by atoms with E-state index in [2.05, 4.69) is 10.3 Å². The number of nitrogens with one attached hydrogen (secondary N) is 1. The quantitative estimate of drug-likeness (QED) is 0.896. The minimum atomic E-state index is -2.98. The van der Waals surface area contributed by atoms with Gasteiger partial charge >= 0.3 is 0 Å². The second-order valence-electron chi connectivity index (χ2n) is 5.65. The third kappa shape index (κ3) is 4.19. The molecule has 2 aromatic rings. The Hall–Kier alpha value is -2.15. The van der Waals surface area contributed by atoms with Crippen LogP contribution in [0.1, 0.15) is 18.7 Å². The van der Waals surface area contributed by atoms with Gasteiger partial charge in [0.25, 0.3) is 0 Å². The molecule has 1 amide bonds. The van der Waals surface area contributed by atoms with Gasteiger partial charge in [-0.05, 0) is 6.42 Å². The Morgan fingerprint density at radius 1 is 1.30 bits per heavy atom. The molecule has 1 N–H and O–H groups in total. The maximum Gasteiger partial charge on any atom is 0.220 e. The van der Waals surface area contributed by atoms with E-state index in [0.29, 0.717) is 24.5 Å². The normalized spacial score (nSPS) is 19.6. The topological polar surface area (TPSA) is 89.3 Å². The second-order valence-corrected chi connectivity index (χ2v) is 7.88. The van der Waals surface area contributed by atoms with Crippen molar-refractivity contribution >= 4 is 15.7 Å². The number of sulfone groups is 1. The van der Waals surface area contributed by atoms with E-state index >= 15 is 0 Å². The first-order valence-corrected chi connectivity index (χ1v) is 9.34. The lowest BCUT2D eigenvalue weighted by Crippen LogP contribution is -2.35. The van der Waals surface area contributed by atoms with Gasteiger partial charge in [-0.25, -0.2) is 13.4 Å². The molecule has 1 aliphatic rings. The number of nitrogens with zero attached hydrogens (tertiary/aromatic N) is 1. The Balaban J connectivity index is 1.51. The predicted molar refractivity (Wildman–Crippen MR) is 85.5 cm³/mol. The van der Waals surface area contributed by atoms with E-state index in [1.54, 1.807) is 6.20 Å². The Bertz CT molecular complexity index is 783. The summed E-state index contributed by atoms with van der Waals surface area (Å²) in [5.74, 6) is 1.18. The van der Waals surface area contributed by atoms with Crippen LogP contribution in [0.5, 0.6) is 0 Å². The monoisotopic (exact) mass is 334 g/mol. The zero-order valence-corrected chi connectivity index (χ0v) is 13.4. The van der Waals surface area contributed by atoms with Crippen LogP contribution in [0.15, 0.2) is 40.9 Å². The van der Waals surface area contributed by atoms with Crippen molar-refractivity contribution in [2.75, 3.05) is 11.5 Å². The molecular weight excluding hydrogens is 316 g/mol. The highest BCUT2D eigenvalue weighted by Gasteiger charge is 2.28. The number of aryl methyl sites for hydroxylation is 1. The summed E-state index contributed by atoms with van der Waals surface area (Å²) in [5.41, 5.74) is 0.937. The van der Waals surface area contributed by atoms with Crippen LogP contribution in [0.25, 0.3) is 11.3 Å². The molecule has 1 aromatic carbocycles. The number of oxazole rings is 1. The fraction of sp³-hybridized carbons (Fsp3) is 0.375. The smallest absolute Gasteiger partial charge is 0.220 e. The molecule has 0 spiro atoms. The summed E-state index contributed by atoms with van der Waals surface area (Å²) in [6.45, 7) is 0. The van der Waals surface area contributed by atoms with Gasteiger partial charge in [0, 0.05) is 24.4 Å². The lowest BCUT2D eigenvalue weighted by molar-refractivity contribution is -0.121. The summed E-state index contributed by atoms with van der Waals surface area (Å²) in [5, 5.41) is 2.76. The summed E-state index contributed by atoms with van der Waals surface area (Å²) in [4.78, 5) is 16.1. The predicted octanol–water partition coefficient (Wildman–Crippen LogP) is 1.58. The fourth-order valence-corrected chi connectivity index (χ4v) is 4.26. The average molecular weight is 334 g/mol. The zero-order valence-electron chi connectivity index (χ0n) is 12.6. The van der Waals surface area contributed by atoms with E-state index < -0.39 is 9.84 Å². The minimum absolute atomic E-state index is 0.0376. The summed E-state index contributed by atoms with van der Waals surface area (Å²) >= 11 is 0. The molecule has 0 saturated carbocycles. The van der Waals surface area contributed by atoms with Gasteiger partial charge in [0.05, 0.1) is 17.7 Å². The van der Waals surface area contributed by atoms with Gasteiger partial charge < -0.3 is 9.73 Å². The highest BCUT2D eigenvalue weighted by atomic mass is 32.2. The molecule has 1 aromatic heterocycles. The summed E-state index contributed by atoms with van der Waals surface area (Å²) < 4.78 is 28.4. The van der Waals surface area contributed by atoms with Crippen LogP contribution in [-0.2, 0) is 21.1 Å². The first-order chi connectivity index (χ1) is 11.0. The molecule has 1 fully saturated rings. The van der Waals surface area contributed by atoms with Gasteiger partial charge in [0.15, 0.2) is 21.5 Å². The third-order valence-corrected chi connectivity index (χ3v) is 5.54. The maximum atomic E-state index is 11.9. The summed E-state index contributed by atoms with van der Waals surface area (Å²) in [7, 11) is -2.98. The van der Waals surface area contributed by atoms with Crippen LogP contribution >= 0.6 is 0 Å². The molecule has 1 aliphatic heterocycles. The molecule has 7 heteroatoms. The van der Waals surface area contributed by atoms with Crippen molar-refractivity contribution in [3.05, 3.63) is 42.4 Å². The number of aromatic nitrogens is 1. The highest BCUT2D eigenvalue weighted by molar-refractivity contribution is 7.91. The molecule has 0 bridgehead atoms. The van der Waals surface area contributed by atoms with Crippen molar-refractivity contribution in [2.24, 2.45) is 0 Å². The molecule has 0 aliphatic carbocycles. The van der Waals surface area contributed by atoms with Crippen molar-refractivity contribution in [1.82, 2.24) is 10.3 Å². The Morgan fingerprint density at radius 3 is 2.78 bits per heavy atom. The Kier molecular flexibility index (Phi) is 4.47. The van der Waals surface area contributed by atoms with Crippen LogP contribution in [-0.4, -0.2) is 36.9 Å². The highest BCUT2D eigenvalue weighted by Crippen LogP contribution is 2.20. The molecule has 1 atom stereocenters. The van der Waals surface area contributed by atoms with Crippen molar-refractivity contribution in [3.63, 3.8) is 0 Å². The standard InChI is InChI=1S/C16H18N2O4S/c19-15(18-13-8-9-23(20,21)11-13)6-7-16-17-10-14(22-16)12-4-2-1-3-5-12/h1-5,10,13H,6-9,11H2,(H,18,19). The molecule has 2 heterocycles. The molecular formula is C16H18N2O4S. The van der Waals surface area contributed by atoms with E-state index in [-0.39, 0.29) is 29.9 Å². The zero-order chi connectivity index (χ0) is 16.3. The average Bonchev–Trinajstić information content (AvgIpc) is 3.13. The molecule has 6 nitrogen and oxygen atoms in total. The number of carbonyl (C=O) groups is 1. The number of carbonyl (C=O) groups excluding carboxylic acids is 1. The van der Waals surface area contributed by atoms with Crippen molar-refractivity contribution in [1.29, 1.82) is 0 Å². The van der Waals surface area contributed by atoms with Crippen LogP contribution in [0.3, 0.4) is 0 Å². The van der Waals surface area contributed by atoms with E-state index in [1.807, 2.05) is 30.3 Å². The van der Waals surface area contributed by atoms with E-state index in [1.165, 1.54) is 0 Å². The van der Waals surface area contributed by atoms with Crippen molar-refractivity contribution in [3.8, 4) is 11.3 Å². The van der Waals surface area contributed by atoms with Crippen LogP contribution in [0.4, 0.5) is 0 Å². The first kappa shape index (κ1) is 15.7. The van der Waals surface area contributed by atoms with Crippen LogP contribution < -0.4 is 5.32 Å². The van der Waals surface area contributed by atoms with Gasteiger partial charge in [-0.2, -0.15) is 0 Å². The Labute approximate surface area is 134 Å². The number of benzene rings is 1. The fourth-order valence-electron chi connectivity index (χ4n) is 2.59. The van der Waals surface area contributed by atoms with E-state index in [0.717, 1.165) is 5.56 Å². The largest absolute Gasteiger partial charge is 0.441 e. The SMILES string of the molecule is O=C(CCc1ncc(-c2ccccc2)o1)NC1CCS(=O)(=O)C1.